The van der Waals surface area contributed by atoms with Gasteiger partial charge in [0.2, 0.25) is 0 Å². The summed E-state index contributed by atoms with van der Waals surface area (Å²) >= 11 is 0. The lowest BCUT2D eigenvalue weighted by molar-refractivity contribution is -0.112. The molecular formula is C29H33NO4Si. The van der Waals surface area contributed by atoms with E-state index in [2.05, 4.69) is 45.0 Å². The Morgan fingerprint density at radius 1 is 0.886 bits per heavy atom. The van der Waals surface area contributed by atoms with Crippen molar-refractivity contribution in [3.63, 3.8) is 0 Å². The fraction of sp³-hybridized carbons (Fsp3) is 0.310. The van der Waals surface area contributed by atoms with Crippen LogP contribution in [0.5, 0.6) is 0 Å². The number of amides is 1. The molecule has 3 aromatic rings. The van der Waals surface area contributed by atoms with Crippen LogP contribution in [0.3, 0.4) is 0 Å². The van der Waals surface area contributed by atoms with Gasteiger partial charge in [0.05, 0.1) is 12.0 Å². The quantitative estimate of drug-likeness (QED) is 0.366. The second-order valence-corrected chi connectivity index (χ2v) is 14.3. The average molecular weight is 488 g/mol. The summed E-state index contributed by atoms with van der Waals surface area (Å²) in [5.41, 5.74) is 0.923. The summed E-state index contributed by atoms with van der Waals surface area (Å²) in [5.74, 6) is -0.416. The molecule has 4 rings (SSSR count). The number of carbonyl (C=O) groups excluding carboxylic acids is 2. The highest BCUT2D eigenvalue weighted by Gasteiger charge is 2.53. The number of aldehydes is 1. The molecule has 5 nitrogen and oxygen atoms in total. The van der Waals surface area contributed by atoms with Crippen molar-refractivity contribution >= 4 is 31.1 Å². The van der Waals surface area contributed by atoms with Gasteiger partial charge in [0, 0.05) is 13.1 Å². The first-order valence-corrected chi connectivity index (χ1v) is 14.0. The molecule has 1 heterocycles. The molecule has 1 aliphatic heterocycles. The molecule has 1 aliphatic rings. The van der Waals surface area contributed by atoms with Crippen LogP contribution in [0.2, 0.25) is 5.04 Å². The molecule has 0 aromatic heterocycles. The number of ether oxygens (including phenoxy) is 1. The predicted octanol–water partition coefficient (Wildman–Crippen LogP) is 4.40. The third-order valence-corrected chi connectivity index (χ3v) is 11.8. The zero-order chi connectivity index (χ0) is 24.9. The molecule has 0 radical (unpaired) electrons. The third-order valence-electron chi connectivity index (χ3n) is 6.69. The normalized spacial score (nSPS) is 18.3. The maximum atomic E-state index is 12.9. The van der Waals surface area contributed by atoms with Crippen molar-refractivity contribution < 1.29 is 18.8 Å². The Morgan fingerprint density at radius 2 is 1.40 bits per heavy atom. The van der Waals surface area contributed by atoms with E-state index in [0.717, 1.165) is 22.2 Å². The van der Waals surface area contributed by atoms with Crippen LogP contribution in [0, 0.1) is 5.92 Å². The largest absolute Gasteiger partial charge is 0.445 e. The van der Waals surface area contributed by atoms with Crippen LogP contribution in [-0.4, -0.2) is 44.8 Å². The Hall–Kier alpha value is -3.22. The van der Waals surface area contributed by atoms with E-state index in [1.54, 1.807) is 4.90 Å². The van der Waals surface area contributed by atoms with Gasteiger partial charge in [-0.2, -0.15) is 0 Å². The van der Waals surface area contributed by atoms with Crippen LogP contribution in [0.25, 0.3) is 0 Å². The Morgan fingerprint density at radius 3 is 1.89 bits per heavy atom. The number of benzene rings is 3. The van der Waals surface area contributed by atoms with E-state index in [0.29, 0.717) is 13.1 Å². The second kappa shape index (κ2) is 10.6. The summed E-state index contributed by atoms with van der Waals surface area (Å²) in [6, 6.07) is 30.2. The molecule has 3 aromatic carbocycles. The van der Waals surface area contributed by atoms with Gasteiger partial charge in [0.15, 0.2) is 0 Å². The van der Waals surface area contributed by atoms with Crippen LogP contribution < -0.4 is 10.4 Å². The maximum Gasteiger partial charge on any atom is 0.410 e. The molecule has 2 unspecified atom stereocenters. The molecule has 35 heavy (non-hydrogen) atoms. The van der Waals surface area contributed by atoms with Gasteiger partial charge >= 0.3 is 6.09 Å². The first-order valence-electron chi connectivity index (χ1n) is 12.0. The molecule has 0 N–H and O–H groups in total. The van der Waals surface area contributed by atoms with Crippen molar-refractivity contribution in [2.24, 2.45) is 5.92 Å². The smallest absolute Gasteiger partial charge is 0.410 e. The lowest BCUT2D eigenvalue weighted by atomic mass is 10.1. The minimum Gasteiger partial charge on any atom is -0.445 e. The van der Waals surface area contributed by atoms with Gasteiger partial charge in [0.1, 0.15) is 12.9 Å². The van der Waals surface area contributed by atoms with Crippen LogP contribution >= 0.6 is 0 Å². The highest BCUT2D eigenvalue weighted by Crippen LogP contribution is 2.39. The van der Waals surface area contributed by atoms with Gasteiger partial charge < -0.3 is 18.9 Å². The highest BCUT2D eigenvalue weighted by atomic mass is 28.4. The molecule has 0 saturated carbocycles. The van der Waals surface area contributed by atoms with E-state index < -0.39 is 26.4 Å². The van der Waals surface area contributed by atoms with E-state index >= 15 is 0 Å². The van der Waals surface area contributed by atoms with Crippen LogP contribution in [0.4, 0.5) is 4.79 Å². The van der Waals surface area contributed by atoms with Crippen molar-refractivity contribution in [1.29, 1.82) is 0 Å². The molecule has 0 spiro atoms. The third kappa shape index (κ3) is 5.23. The van der Waals surface area contributed by atoms with E-state index in [-0.39, 0.29) is 11.6 Å². The standard InChI is InChI=1S/C29H33NO4Si/c1-29(2,3)35(25-15-9-5-10-16-25,26-17-11-6-12-18-26)34-27-20-30(19-24(27)21-31)28(32)33-22-23-13-7-4-8-14-23/h4-18,21,24,27H,19-20,22H2,1-3H3. The zero-order valence-electron chi connectivity index (χ0n) is 20.6. The molecular weight excluding hydrogens is 454 g/mol. The number of carbonyl (C=O) groups is 2. The van der Waals surface area contributed by atoms with Gasteiger partial charge in [0.25, 0.3) is 8.32 Å². The number of rotatable bonds is 7. The van der Waals surface area contributed by atoms with Crippen molar-refractivity contribution in [2.75, 3.05) is 13.1 Å². The summed E-state index contributed by atoms with van der Waals surface area (Å²) in [6.07, 6.45) is 0.0878. The fourth-order valence-electron chi connectivity index (χ4n) is 4.93. The number of nitrogens with zero attached hydrogens (tertiary/aromatic N) is 1. The summed E-state index contributed by atoms with van der Waals surface area (Å²) in [5, 5.41) is 2.08. The van der Waals surface area contributed by atoms with E-state index in [9.17, 15) is 9.59 Å². The number of hydrogen-bond donors (Lipinski definition) is 0. The van der Waals surface area contributed by atoms with E-state index in [1.165, 1.54) is 0 Å². The number of likely N-dealkylation sites (tertiary alicyclic amines) is 1. The summed E-state index contributed by atoms with van der Waals surface area (Å²) < 4.78 is 12.7. The van der Waals surface area contributed by atoms with Gasteiger partial charge in [-0.15, -0.1) is 0 Å². The van der Waals surface area contributed by atoms with E-state index in [4.69, 9.17) is 9.16 Å². The molecule has 1 fully saturated rings. The van der Waals surface area contributed by atoms with Crippen molar-refractivity contribution in [3.8, 4) is 0 Å². The predicted molar refractivity (Wildman–Crippen MR) is 140 cm³/mol. The minimum atomic E-state index is -2.85. The van der Waals surface area contributed by atoms with Crippen molar-refractivity contribution in [3.05, 3.63) is 96.6 Å². The molecule has 2 atom stereocenters. The topological polar surface area (TPSA) is 55.8 Å². The van der Waals surface area contributed by atoms with Gasteiger partial charge in [-0.25, -0.2) is 4.79 Å². The first kappa shape index (κ1) is 24.9. The second-order valence-electron chi connectivity index (χ2n) is 10.1. The molecule has 0 aliphatic carbocycles. The average Bonchev–Trinajstić information content (AvgIpc) is 3.29. The van der Waals surface area contributed by atoms with Gasteiger partial charge in [-0.3, -0.25) is 0 Å². The Labute approximate surface area is 208 Å². The zero-order valence-corrected chi connectivity index (χ0v) is 21.6. The maximum absolute atomic E-state index is 12.9. The van der Waals surface area contributed by atoms with E-state index in [1.807, 2.05) is 66.7 Å². The number of hydrogen-bond acceptors (Lipinski definition) is 4. The van der Waals surface area contributed by atoms with Gasteiger partial charge in [-0.05, 0) is 21.0 Å². The fourth-order valence-corrected chi connectivity index (χ4v) is 9.65. The van der Waals surface area contributed by atoms with Crippen molar-refractivity contribution in [1.82, 2.24) is 4.90 Å². The Kier molecular flexibility index (Phi) is 7.53. The lowest BCUT2D eigenvalue weighted by Gasteiger charge is -2.45. The molecule has 1 saturated heterocycles. The highest BCUT2D eigenvalue weighted by molar-refractivity contribution is 6.99. The molecule has 0 bridgehead atoms. The summed E-state index contributed by atoms with van der Waals surface area (Å²) in [7, 11) is -2.85. The van der Waals surface area contributed by atoms with Crippen molar-refractivity contribution in [2.45, 2.75) is 38.5 Å². The lowest BCUT2D eigenvalue weighted by Crippen LogP contribution is -2.68. The first-order chi connectivity index (χ1) is 16.8. The molecule has 6 heteroatoms. The minimum absolute atomic E-state index is 0.197. The monoisotopic (exact) mass is 487 g/mol. The van der Waals surface area contributed by atoms with Crippen LogP contribution in [-0.2, 0) is 20.6 Å². The molecule has 1 amide bonds. The Balaban J connectivity index is 1.62. The SMILES string of the molecule is CC(C)(C)[Si](OC1CN(C(=O)OCc2ccccc2)CC1C=O)(c1ccccc1)c1ccccc1. The Bertz CT molecular complexity index is 1080. The molecule has 182 valence electrons. The van der Waals surface area contributed by atoms with Crippen LogP contribution in [0.1, 0.15) is 26.3 Å². The summed E-state index contributed by atoms with van der Waals surface area (Å²) in [6.45, 7) is 7.42. The summed E-state index contributed by atoms with van der Waals surface area (Å²) in [4.78, 5) is 26.6. The van der Waals surface area contributed by atoms with Crippen LogP contribution in [0.15, 0.2) is 91.0 Å². The van der Waals surface area contributed by atoms with Gasteiger partial charge in [-0.1, -0.05) is 112 Å².